The Balaban J connectivity index is 2.30. The van der Waals surface area contributed by atoms with Crippen LogP contribution in [0.15, 0.2) is 12.1 Å². The number of ether oxygens (including phenoxy) is 1. The number of nitrogens with two attached hydrogens (primary N) is 1. The number of rotatable bonds is 3. The van der Waals surface area contributed by atoms with Crippen LogP contribution in [0, 0.1) is 0 Å². The van der Waals surface area contributed by atoms with Gasteiger partial charge < -0.3 is 15.4 Å². The van der Waals surface area contributed by atoms with Crippen molar-refractivity contribution in [3.63, 3.8) is 0 Å². The van der Waals surface area contributed by atoms with Crippen LogP contribution < -0.4 is 10.5 Å². The molecule has 2 atom stereocenters. The number of benzene rings is 1. The zero-order valence-corrected chi connectivity index (χ0v) is 13.7. The average molecular weight is 331 g/mol. The van der Waals surface area contributed by atoms with Crippen molar-refractivity contribution in [1.29, 1.82) is 0 Å². The van der Waals surface area contributed by atoms with E-state index < -0.39 is 0 Å². The first kappa shape index (κ1) is 16.4. The van der Waals surface area contributed by atoms with Gasteiger partial charge in [0.15, 0.2) is 5.75 Å². The first-order valence-electron chi connectivity index (χ1n) is 7.05. The van der Waals surface area contributed by atoms with Gasteiger partial charge >= 0.3 is 0 Å². The van der Waals surface area contributed by atoms with E-state index in [0.717, 1.165) is 19.3 Å². The monoisotopic (exact) mass is 330 g/mol. The minimum Gasteiger partial charge on any atom is -0.494 e. The Bertz CT molecular complexity index is 511. The van der Waals surface area contributed by atoms with E-state index in [9.17, 15) is 4.79 Å². The average Bonchev–Trinajstić information content (AvgIpc) is 2.46. The molecule has 0 aromatic heterocycles. The molecule has 2 rings (SSSR count). The quantitative estimate of drug-likeness (QED) is 0.924. The molecule has 2 unspecified atom stereocenters. The van der Waals surface area contributed by atoms with Crippen LogP contribution in [0.2, 0.25) is 10.0 Å². The molecule has 116 valence electrons. The van der Waals surface area contributed by atoms with Crippen molar-refractivity contribution >= 4 is 29.1 Å². The summed E-state index contributed by atoms with van der Waals surface area (Å²) in [5, 5.41) is 0.672. The molecule has 6 heteroatoms. The van der Waals surface area contributed by atoms with Crippen molar-refractivity contribution in [2.45, 2.75) is 38.3 Å². The van der Waals surface area contributed by atoms with Crippen molar-refractivity contribution in [1.82, 2.24) is 4.90 Å². The molecular weight excluding hydrogens is 311 g/mol. The molecule has 21 heavy (non-hydrogen) atoms. The third-order valence-corrected chi connectivity index (χ3v) is 4.43. The summed E-state index contributed by atoms with van der Waals surface area (Å²) in [6.45, 7) is 2.65. The fourth-order valence-electron chi connectivity index (χ4n) is 2.80. The maximum Gasteiger partial charge on any atom is 0.254 e. The van der Waals surface area contributed by atoms with Crippen LogP contribution in [0.25, 0.3) is 0 Å². The number of carbonyl (C=O) groups is 1. The summed E-state index contributed by atoms with van der Waals surface area (Å²) in [4.78, 5) is 14.6. The van der Waals surface area contributed by atoms with E-state index in [2.05, 4.69) is 0 Å². The zero-order chi connectivity index (χ0) is 15.6. The number of nitrogens with zero attached hydrogens (tertiary/aromatic N) is 1. The Morgan fingerprint density at radius 2 is 2.00 bits per heavy atom. The van der Waals surface area contributed by atoms with E-state index in [1.54, 1.807) is 12.1 Å². The highest BCUT2D eigenvalue weighted by atomic mass is 35.5. The van der Waals surface area contributed by atoms with Gasteiger partial charge in [0, 0.05) is 24.2 Å². The van der Waals surface area contributed by atoms with Crippen molar-refractivity contribution < 1.29 is 9.53 Å². The van der Waals surface area contributed by atoms with Crippen molar-refractivity contribution in [2.75, 3.05) is 13.7 Å². The second kappa shape index (κ2) is 6.86. The van der Waals surface area contributed by atoms with Crippen LogP contribution in [0.3, 0.4) is 0 Å². The molecule has 1 heterocycles. The van der Waals surface area contributed by atoms with Gasteiger partial charge in [-0.1, -0.05) is 23.2 Å². The molecule has 1 amide bonds. The SMILES string of the molecule is COc1c(Cl)cc(C(=O)N2CCCCC2C(C)N)cc1Cl. The van der Waals surface area contributed by atoms with Crippen LogP contribution in [0.1, 0.15) is 36.5 Å². The lowest BCUT2D eigenvalue weighted by Crippen LogP contribution is -2.51. The summed E-state index contributed by atoms with van der Waals surface area (Å²) in [7, 11) is 1.49. The topological polar surface area (TPSA) is 55.6 Å². The zero-order valence-electron chi connectivity index (χ0n) is 12.2. The van der Waals surface area contributed by atoms with Crippen LogP contribution in [0.4, 0.5) is 0 Å². The third kappa shape index (κ3) is 3.44. The Labute approximate surface area is 135 Å². The van der Waals surface area contributed by atoms with Crippen LogP contribution in [-0.2, 0) is 0 Å². The fraction of sp³-hybridized carbons (Fsp3) is 0.533. The fourth-order valence-corrected chi connectivity index (χ4v) is 3.44. The molecular formula is C15H20Cl2N2O2. The number of halogens is 2. The van der Waals surface area contributed by atoms with Crippen LogP contribution in [-0.4, -0.2) is 36.5 Å². The Hall–Kier alpha value is -0.970. The summed E-state index contributed by atoms with van der Waals surface area (Å²) in [6.07, 6.45) is 3.02. The third-order valence-electron chi connectivity index (χ3n) is 3.87. The first-order chi connectivity index (χ1) is 9.95. The molecule has 0 saturated carbocycles. The molecule has 1 aromatic carbocycles. The van der Waals surface area contributed by atoms with Gasteiger partial charge in [-0.25, -0.2) is 0 Å². The highest BCUT2D eigenvalue weighted by Gasteiger charge is 2.30. The Morgan fingerprint density at radius 3 is 2.52 bits per heavy atom. The normalized spacial score (nSPS) is 20.2. The van der Waals surface area contributed by atoms with Gasteiger partial charge in [-0.3, -0.25) is 4.79 Å². The van der Waals surface area contributed by atoms with Gasteiger partial charge in [-0.2, -0.15) is 0 Å². The largest absolute Gasteiger partial charge is 0.494 e. The molecule has 1 aliphatic rings. The van der Waals surface area contributed by atoms with Crippen molar-refractivity contribution in [3.8, 4) is 5.75 Å². The van der Waals surface area contributed by atoms with E-state index in [1.165, 1.54) is 7.11 Å². The molecule has 1 aromatic rings. The second-order valence-corrected chi connectivity index (χ2v) is 6.21. The van der Waals surface area contributed by atoms with Gasteiger partial charge in [-0.05, 0) is 38.3 Å². The number of likely N-dealkylation sites (tertiary alicyclic amines) is 1. The van der Waals surface area contributed by atoms with E-state index in [1.807, 2.05) is 11.8 Å². The number of piperidine rings is 1. The second-order valence-electron chi connectivity index (χ2n) is 5.39. The number of amides is 1. The number of carbonyl (C=O) groups excluding carboxylic acids is 1. The highest BCUT2D eigenvalue weighted by molar-refractivity contribution is 6.37. The number of hydrogen-bond donors (Lipinski definition) is 1. The summed E-state index contributed by atoms with van der Waals surface area (Å²) in [5.74, 6) is 0.306. The van der Waals surface area contributed by atoms with E-state index in [-0.39, 0.29) is 18.0 Å². The van der Waals surface area contributed by atoms with Gasteiger partial charge in [0.05, 0.1) is 17.2 Å². The van der Waals surface area contributed by atoms with Crippen LogP contribution >= 0.6 is 23.2 Å². The summed E-state index contributed by atoms with van der Waals surface area (Å²) in [5.41, 5.74) is 6.48. The molecule has 0 bridgehead atoms. The predicted molar refractivity (Wildman–Crippen MR) is 85.3 cm³/mol. The Kier molecular flexibility index (Phi) is 5.36. The smallest absolute Gasteiger partial charge is 0.254 e. The maximum absolute atomic E-state index is 12.7. The maximum atomic E-state index is 12.7. The molecule has 2 N–H and O–H groups in total. The predicted octanol–water partition coefficient (Wildman–Crippen LogP) is 3.34. The van der Waals surface area contributed by atoms with E-state index >= 15 is 0 Å². The molecule has 0 radical (unpaired) electrons. The summed E-state index contributed by atoms with van der Waals surface area (Å²) in [6, 6.07) is 3.20. The molecule has 4 nitrogen and oxygen atoms in total. The summed E-state index contributed by atoms with van der Waals surface area (Å²) >= 11 is 12.2. The molecule has 1 fully saturated rings. The lowest BCUT2D eigenvalue weighted by Gasteiger charge is -2.38. The van der Waals surface area contributed by atoms with Gasteiger partial charge in [-0.15, -0.1) is 0 Å². The molecule has 0 aliphatic carbocycles. The molecule has 1 saturated heterocycles. The van der Waals surface area contributed by atoms with Gasteiger partial charge in [0.25, 0.3) is 5.91 Å². The minimum absolute atomic E-state index is 0.0570. The molecule has 1 aliphatic heterocycles. The van der Waals surface area contributed by atoms with Gasteiger partial charge in [0.2, 0.25) is 0 Å². The standard InChI is InChI=1S/C15H20Cl2N2O2/c1-9(18)13-5-3-4-6-19(13)15(20)10-7-11(16)14(21-2)12(17)8-10/h7-9,13H,3-6,18H2,1-2H3. The van der Waals surface area contributed by atoms with E-state index in [4.69, 9.17) is 33.7 Å². The summed E-state index contributed by atoms with van der Waals surface area (Å²) < 4.78 is 5.11. The van der Waals surface area contributed by atoms with Crippen LogP contribution in [0.5, 0.6) is 5.75 Å². The lowest BCUT2D eigenvalue weighted by atomic mass is 9.96. The van der Waals surface area contributed by atoms with Crippen molar-refractivity contribution in [2.24, 2.45) is 5.73 Å². The highest BCUT2D eigenvalue weighted by Crippen LogP contribution is 2.34. The lowest BCUT2D eigenvalue weighted by molar-refractivity contribution is 0.0584. The number of methoxy groups -OCH3 is 1. The van der Waals surface area contributed by atoms with Gasteiger partial charge in [0.1, 0.15) is 0 Å². The van der Waals surface area contributed by atoms with E-state index in [0.29, 0.717) is 27.9 Å². The minimum atomic E-state index is -0.0801. The molecule has 0 spiro atoms. The number of hydrogen-bond acceptors (Lipinski definition) is 3. The van der Waals surface area contributed by atoms with Crippen molar-refractivity contribution in [3.05, 3.63) is 27.7 Å². The first-order valence-corrected chi connectivity index (χ1v) is 7.81. The Morgan fingerprint density at radius 1 is 1.38 bits per heavy atom.